The predicted molar refractivity (Wildman–Crippen MR) is 122 cm³/mol. The number of ketones is 1. The second kappa shape index (κ2) is 9.64. The van der Waals surface area contributed by atoms with E-state index in [9.17, 15) is 9.59 Å². The fourth-order valence-electron chi connectivity index (χ4n) is 3.87. The fraction of sp³-hybridized carbons (Fsp3) is 0.269. The molecule has 1 aromatic heterocycles. The van der Waals surface area contributed by atoms with Crippen molar-refractivity contribution in [2.45, 2.75) is 32.3 Å². The summed E-state index contributed by atoms with van der Waals surface area (Å²) in [7, 11) is 1.58. The van der Waals surface area contributed by atoms with Crippen molar-refractivity contribution in [2.75, 3.05) is 13.7 Å². The molecule has 0 saturated carbocycles. The largest absolute Gasteiger partial charge is 0.497 e. The Bertz CT molecular complexity index is 1120. The molecule has 0 spiro atoms. The zero-order valence-electron chi connectivity index (χ0n) is 18.3. The lowest BCUT2D eigenvalue weighted by atomic mass is 10.0. The maximum absolute atomic E-state index is 12.3. The summed E-state index contributed by atoms with van der Waals surface area (Å²) in [5.41, 5.74) is 4.65. The van der Waals surface area contributed by atoms with E-state index in [0.717, 1.165) is 34.6 Å². The predicted octanol–water partition coefficient (Wildman–Crippen LogP) is 4.15. The van der Waals surface area contributed by atoms with Gasteiger partial charge in [0.1, 0.15) is 17.6 Å². The summed E-state index contributed by atoms with van der Waals surface area (Å²) in [6, 6.07) is 16.9. The molecule has 4 rings (SSSR count). The number of carbonyl (C=O) groups excluding carboxylic acids is 2. The number of methoxy groups -OCH3 is 1. The Labute approximate surface area is 187 Å². The van der Waals surface area contributed by atoms with Gasteiger partial charge < -0.3 is 14.8 Å². The van der Waals surface area contributed by atoms with E-state index >= 15 is 0 Å². The van der Waals surface area contributed by atoms with E-state index in [0.29, 0.717) is 17.9 Å². The van der Waals surface area contributed by atoms with Crippen molar-refractivity contribution in [2.24, 2.45) is 0 Å². The molecule has 1 aliphatic heterocycles. The van der Waals surface area contributed by atoms with Gasteiger partial charge >= 0.3 is 0 Å². The van der Waals surface area contributed by atoms with Crippen molar-refractivity contribution in [3.05, 3.63) is 77.5 Å². The number of fused-ring (bicyclic) bond motifs is 1. The lowest BCUT2D eigenvalue weighted by Gasteiger charge is -2.14. The van der Waals surface area contributed by atoms with Crippen LogP contribution in [0.25, 0.3) is 11.3 Å². The van der Waals surface area contributed by atoms with Crippen LogP contribution in [0.15, 0.2) is 60.8 Å². The highest BCUT2D eigenvalue weighted by Gasteiger charge is 2.26. The second-order valence-corrected chi connectivity index (χ2v) is 7.86. The number of ether oxygens (including phenoxy) is 2. The molecule has 1 amide bonds. The number of aromatic nitrogens is 1. The summed E-state index contributed by atoms with van der Waals surface area (Å²) < 4.78 is 11.3. The van der Waals surface area contributed by atoms with E-state index in [-0.39, 0.29) is 30.6 Å². The number of hydrogen-bond donors (Lipinski definition) is 1. The van der Waals surface area contributed by atoms with Gasteiger partial charge in [-0.15, -0.1) is 0 Å². The van der Waals surface area contributed by atoms with Gasteiger partial charge in [-0.3, -0.25) is 14.6 Å². The van der Waals surface area contributed by atoms with Crippen LogP contribution in [0.4, 0.5) is 0 Å². The number of carbonyl (C=O) groups is 2. The Morgan fingerprint density at radius 2 is 1.91 bits per heavy atom. The Balaban J connectivity index is 1.30. The normalized spacial score (nSPS) is 14.4. The molecule has 1 N–H and O–H groups in total. The van der Waals surface area contributed by atoms with E-state index in [1.807, 2.05) is 37.3 Å². The summed E-state index contributed by atoms with van der Waals surface area (Å²) in [5, 5.41) is 2.90. The van der Waals surface area contributed by atoms with E-state index in [1.165, 1.54) is 0 Å². The molecule has 1 aliphatic rings. The Morgan fingerprint density at radius 3 is 2.66 bits per heavy atom. The molecule has 0 radical (unpaired) electrons. The quantitative estimate of drug-likeness (QED) is 0.543. The standard InChI is InChI=1S/C26H26N2O4/c1-17-5-4-14-27-25(17)22-7-3-6-19-15-21(32-26(19)22)16-28-24(30)13-12-23(29)18-8-10-20(31-2)11-9-18/h3-11,14,21H,12-13,15-16H2,1-2H3,(H,28,30)/t21-/m1/s1. The minimum Gasteiger partial charge on any atom is -0.497 e. The Morgan fingerprint density at radius 1 is 1.09 bits per heavy atom. The number of rotatable bonds is 8. The van der Waals surface area contributed by atoms with Crippen LogP contribution in [-0.2, 0) is 11.2 Å². The highest BCUT2D eigenvalue weighted by atomic mass is 16.5. The number of hydrogen-bond acceptors (Lipinski definition) is 5. The molecule has 2 aromatic carbocycles. The fourth-order valence-corrected chi connectivity index (χ4v) is 3.87. The molecule has 0 aliphatic carbocycles. The monoisotopic (exact) mass is 430 g/mol. The molecule has 2 heterocycles. The van der Waals surface area contributed by atoms with Gasteiger partial charge in [-0.1, -0.05) is 18.2 Å². The summed E-state index contributed by atoms with van der Waals surface area (Å²) in [6.07, 6.45) is 2.66. The maximum atomic E-state index is 12.3. The second-order valence-electron chi connectivity index (χ2n) is 7.86. The Kier molecular flexibility index (Phi) is 6.50. The van der Waals surface area contributed by atoms with Crippen LogP contribution >= 0.6 is 0 Å². The third kappa shape index (κ3) is 4.80. The van der Waals surface area contributed by atoms with E-state index in [4.69, 9.17) is 9.47 Å². The van der Waals surface area contributed by atoms with Gasteiger partial charge in [-0.2, -0.15) is 0 Å². The van der Waals surface area contributed by atoms with Crippen molar-refractivity contribution in [1.82, 2.24) is 10.3 Å². The van der Waals surface area contributed by atoms with Crippen LogP contribution < -0.4 is 14.8 Å². The first-order chi connectivity index (χ1) is 15.5. The summed E-state index contributed by atoms with van der Waals surface area (Å²) >= 11 is 0. The number of nitrogens with one attached hydrogen (secondary N) is 1. The average Bonchev–Trinajstić information content (AvgIpc) is 3.25. The van der Waals surface area contributed by atoms with E-state index in [1.54, 1.807) is 37.6 Å². The minimum atomic E-state index is -0.160. The number of benzene rings is 2. The molecule has 32 heavy (non-hydrogen) atoms. The molecule has 3 aromatic rings. The number of nitrogens with zero attached hydrogens (tertiary/aromatic N) is 1. The van der Waals surface area contributed by atoms with Gasteiger partial charge in [-0.25, -0.2) is 0 Å². The molecule has 6 nitrogen and oxygen atoms in total. The molecular weight excluding hydrogens is 404 g/mol. The van der Waals surface area contributed by atoms with Gasteiger partial charge in [0.2, 0.25) is 5.91 Å². The topological polar surface area (TPSA) is 77.5 Å². The minimum absolute atomic E-state index is 0.0669. The number of amides is 1. The number of Topliss-reactive ketones (excluding diaryl/α,β-unsaturated/α-hetero) is 1. The molecule has 0 fully saturated rings. The van der Waals surface area contributed by atoms with Gasteiger partial charge in [-0.05, 0) is 54.4 Å². The lowest BCUT2D eigenvalue weighted by molar-refractivity contribution is -0.121. The summed E-state index contributed by atoms with van der Waals surface area (Å²) in [5.74, 6) is 1.30. The third-order valence-electron chi connectivity index (χ3n) is 5.61. The van der Waals surface area contributed by atoms with Gasteiger partial charge in [0.25, 0.3) is 0 Å². The number of aryl methyl sites for hydroxylation is 1. The first-order valence-electron chi connectivity index (χ1n) is 10.7. The third-order valence-corrected chi connectivity index (χ3v) is 5.61. The van der Waals surface area contributed by atoms with Crippen molar-refractivity contribution in [3.63, 3.8) is 0 Å². The van der Waals surface area contributed by atoms with Gasteiger partial charge in [0, 0.05) is 36.6 Å². The molecule has 0 unspecified atom stereocenters. The first kappa shape index (κ1) is 21.6. The molecule has 0 saturated heterocycles. The van der Waals surface area contributed by atoms with Gasteiger partial charge in [0.15, 0.2) is 5.78 Å². The first-order valence-corrected chi connectivity index (χ1v) is 10.7. The van der Waals surface area contributed by atoms with Crippen LogP contribution in [0, 0.1) is 6.92 Å². The highest BCUT2D eigenvalue weighted by Crippen LogP contribution is 2.38. The summed E-state index contributed by atoms with van der Waals surface area (Å²) in [6.45, 7) is 2.42. The van der Waals surface area contributed by atoms with Crippen LogP contribution in [0.3, 0.4) is 0 Å². The molecular formula is C26H26N2O4. The van der Waals surface area contributed by atoms with Crippen LogP contribution in [-0.4, -0.2) is 36.4 Å². The zero-order valence-corrected chi connectivity index (χ0v) is 18.3. The summed E-state index contributed by atoms with van der Waals surface area (Å²) in [4.78, 5) is 29.1. The molecule has 1 atom stereocenters. The van der Waals surface area contributed by atoms with Crippen LogP contribution in [0.1, 0.15) is 34.3 Å². The van der Waals surface area contributed by atoms with Crippen LogP contribution in [0.2, 0.25) is 0 Å². The zero-order chi connectivity index (χ0) is 22.5. The molecule has 6 heteroatoms. The van der Waals surface area contributed by atoms with Crippen molar-refractivity contribution in [1.29, 1.82) is 0 Å². The Hall–Kier alpha value is -3.67. The molecule has 164 valence electrons. The van der Waals surface area contributed by atoms with Crippen molar-refractivity contribution < 1.29 is 19.1 Å². The van der Waals surface area contributed by atoms with Gasteiger partial charge in [0.05, 0.1) is 19.3 Å². The number of pyridine rings is 1. The SMILES string of the molecule is COc1ccc(C(=O)CCC(=O)NC[C@H]2Cc3cccc(-c4ncccc4C)c3O2)cc1. The lowest BCUT2D eigenvalue weighted by Crippen LogP contribution is -2.34. The molecule has 0 bridgehead atoms. The number of para-hydroxylation sites is 1. The smallest absolute Gasteiger partial charge is 0.220 e. The van der Waals surface area contributed by atoms with Crippen molar-refractivity contribution >= 4 is 11.7 Å². The average molecular weight is 431 g/mol. The maximum Gasteiger partial charge on any atom is 0.220 e. The highest BCUT2D eigenvalue weighted by molar-refractivity contribution is 5.98. The van der Waals surface area contributed by atoms with Crippen molar-refractivity contribution in [3.8, 4) is 22.8 Å². The van der Waals surface area contributed by atoms with Crippen LogP contribution in [0.5, 0.6) is 11.5 Å². The van der Waals surface area contributed by atoms with E-state index in [2.05, 4.69) is 10.3 Å². The van der Waals surface area contributed by atoms with E-state index < -0.39 is 0 Å².